The summed E-state index contributed by atoms with van der Waals surface area (Å²) < 4.78 is 10.9. The van der Waals surface area contributed by atoms with Crippen molar-refractivity contribution in [1.29, 1.82) is 0 Å². The van der Waals surface area contributed by atoms with Gasteiger partial charge in [-0.05, 0) is 23.6 Å². The number of hydrogen-bond acceptors (Lipinski definition) is 6. The van der Waals surface area contributed by atoms with Gasteiger partial charge in [-0.2, -0.15) is 0 Å². The van der Waals surface area contributed by atoms with E-state index < -0.39 is 5.97 Å². The maximum atomic E-state index is 11.7. The predicted molar refractivity (Wildman–Crippen MR) is 69.6 cm³/mol. The molecule has 0 aliphatic heterocycles. The minimum absolute atomic E-state index is 0.363. The molecule has 1 aromatic carbocycles. The first-order valence-electron chi connectivity index (χ1n) is 5.02. The van der Waals surface area contributed by atoms with E-state index in [1.165, 1.54) is 11.3 Å². The topological polar surface area (TPSA) is 56.5 Å². The van der Waals surface area contributed by atoms with E-state index in [0.29, 0.717) is 16.2 Å². The number of hydrogen-bond donors (Lipinski definition) is 0. The van der Waals surface area contributed by atoms with Gasteiger partial charge in [0.15, 0.2) is 5.58 Å². The molecule has 0 radical (unpaired) electrons. The Balaban J connectivity index is 1.91. The van der Waals surface area contributed by atoms with Gasteiger partial charge in [-0.15, -0.1) is 11.3 Å². The van der Waals surface area contributed by atoms with Crippen LogP contribution in [0.25, 0.3) is 10.3 Å². The zero-order chi connectivity index (χ0) is 12.5. The number of thiophene rings is 1. The summed E-state index contributed by atoms with van der Waals surface area (Å²) in [5.74, 6) is -0.0515. The van der Waals surface area contributed by atoms with Gasteiger partial charge in [0, 0.05) is 6.07 Å². The summed E-state index contributed by atoms with van der Waals surface area (Å²) in [5, 5.41) is 1.80. The van der Waals surface area contributed by atoms with Crippen LogP contribution in [0.4, 0.5) is 0 Å². The highest BCUT2D eigenvalue weighted by Gasteiger charge is 2.11. The van der Waals surface area contributed by atoms with Crippen LogP contribution in [0.5, 0.6) is 5.75 Å². The van der Waals surface area contributed by atoms with Crippen LogP contribution in [0.1, 0.15) is 9.67 Å². The first kappa shape index (κ1) is 11.2. The number of carbonyl (C=O) groups is 1. The lowest BCUT2D eigenvalue weighted by atomic mass is 10.3. The zero-order valence-corrected chi connectivity index (χ0v) is 10.5. The Morgan fingerprint density at radius 1 is 1.28 bits per heavy atom. The highest BCUT2D eigenvalue weighted by atomic mass is 32.1. The number of esters is 1. The number of benzene rings is 1. The summed E-state index contributed by atoms with van der Waals surface area (Å²) in [5.41, 5.74) is 0.432. The number of ether oxygens (including phenoxy) is 1. The van der Waals surface area contributed by atoms with Gasteiger partial charge in [-0.3, -0.25) is 0 Å². The fourth-order valence-corrected chi connectivity index (χ4v) is 2.72. The number of rotatable bonds is 2. The van der Waals surface area contributed by atoms with Gasteiger partial charge in [-0.1, -0.05) is 17.4 Å². The molecule has 6 heteroatoms. The van der Waals surface area contributed by atoms with Gasteiger partial charge < -0.3 is 9.15 Å². The predicted octanol–water partition coefficient (Wildman–Crippen LogP) is 3.14. The Labute approximate surface area is 109 Å². The lowest BCUT2D eigenvalue weighted by Gasteiger charge is -2.01. The van der Waals surface area contributed by atoms with E-state index in [1.54, 1.807) is 35.7 Å². The molecule has 0 spiro atoms. The van der Waals surface area contributed by atoms with Crippen molar-refractivity contribution in [2.24, 2.45) is 0 Å². The molecular formula is C12H6O4S2. The summed E-state index contributed by atoms with van der Waals surface area (Å²) in [6, 6.07) is 8.35. The van der Waals surface area contributed by atoms with Crippen molar-refractivity contribution in [2.45, 2.75) is 0 Å². The highest BCUT2D eigenvalue weighted by molar-refractivity contribution is 7.16. The SMILES string of the molecule is O=C(Oc1ccc2sc(=O)oc2c1)c1cccs1. The molecule has 0 bridgehead atoms. The van der Waals surface area contributed by atoms with Crippen molar-refractivity contribution in [3.63, 3.8) is 0 Å². The van der Waals surface area contributed by atoms with Crippen LogP contribution in [0.15, 0.2) is 44.9 Å². The lowest BCUT2D eigenvalue weighted by molar-refractivity contribution is 0.0740. The van der Waals surface area contributed by atoms with Crippen LogP contribution in [0.3, 0.4) is 0 Å². The molecule has 0 aliphatic carbocycles. The molecule has 0 amide bonds. The molecule has 0 unspecified atom stereocenters. The van der Waals surface area contributed by atoms with Crippen molar-refractivity contribution in [3.05, 3.63) is 50.3 Å². The Morgan fingerprint density at radius 3 is 2.94 bits per heavy atom. The van der Waals surface area contributed by atoms with Crippen LogP contribution in [0.2, 0.25) is 0 Å². The molecule has 0 fully saturated rings. The van der Waals surface area contributed by atoms with Gasteiger partial charge in [-0.25, -0.2) is 9.59 Å². The fraction of sp³-hybridized carbons (Fsp3) is 0. The minimum Gasteiger partial charge on any atom is -0.422 e. The monoisotopic (exact) mass is 278 g/mol. The molecular weight excluding hydrogens is 272 g/mol. The summed E-state index contributed by atoms with van der Waals surface area (Å²) in [6.45, 7) is 0. The average Bonchev–Trinajstić information content (AvgIpc) is 2.95. The Morgan fingerprint density at radius 2 is 2.17 bits per heavy atom. The molecule has 0 saturated heterocycles. The third-order valence-corrected chi connectivity index (χ3v) is 3.89. The maximum Gasteiger partial charge on any atom is 0.396 e. The van der Waals surface area contributed by atoms with Crippen LogP contribution in [-0.4, -0.2) is 5.97 Å². The Bertz CT molecular complexity index is 752. The van der Waals surface area contributed by atoms with E-state index in [0.717, 1.165) is 16.0 Å². The van der Waals surface area contributed by atoms with Crippen molar-refractivity contribution >= 4 is 38.9 Å². The Hall–Kier alpha value is -1.92. The summed E-state index contributed by atoms with van der Waals surface area (Å²) in [7, 11) is 0. The number of carbonyl (C=O) groups excluding carboxylic acids is 1. The fourth-order valence-electron chi connectivity index (χ4n) is 1.47. The van der Waals surface area contributed by atoms with E-state index in [9.17, 15) is 9.59 Å². The molecule has 0 N–H and O–H groups in total. The minimum atomic E-state index is -0.415. The van der Waals surface area contributed by atoms with Crippen molar-refractivity contribution < 1.29 is 13.9 Å². The van der Waals surface area contributed by atoms with Crippen LogP contribution >= 0.6 is 22.7 Å². The van der Waals surface area contributed by atoms with E-state index in [4.69, 9.17) is 9.15 Å². The molecule has 2 aromatic heterocycles. The second-order valence-electron chi connectivity index (χ2n) is 3.43. The van der Waals surface area contributed by atoms with Gasteiger partial charge in [0.1, 0.15) is 10.6 Å². The van der Waals surface area contributed by atoms with Gasteiger partial charge >= 0.3 is 10.9 Å². The number of fused-ring (bicyclic) bond motifs is 1. The van der Waals surface area contributed by atoms with E-state index >= 15 is 0 Å². The van der Waals surface area contributed by atoms with Gasteiger partial charge in [0.05, 0.1) is 4.70 Å². The molecule has 4 nitrogen and oxygen atoms in total. The third-order valence-electron chi connectivity index (χ3n) is 2.23. The summed E-state index contributed by atoms with van der Waals surface area (Å²) >= 11 is 2.33. The summed E-state index contributed by atoms with van der Waals surface area (Å²) in [4.78, 5) is 22.9. The van der Waals surface area contributed by atoms with Crippen LogP contribution < -0.4 is 9.68 Å². The molecule has 3 aromatic rings. The second-order valence-corrected chi connectivity index (χ2v) is 5.35. The Kier molecular flexibility index (Phi) is 2.73. The molecule has 3 rings (SSSR count). The largest absolute Gasteiger partial charge is 0.422 e. The van der Waals surface area contributed by atoms with Gasteiger partial charge in [0.2, 0.25) is 0 Å². The van der Waals surface area contributed by atoms with Crippen LogP contribution in [0, 0.1) is 0 Å². The first-order valence-corrected chi connectivity index (χ1v) is 6.71. The van der Waals surface area contributed by atoms with Crippen molar-refractivity contribution in [3.8, 4) is 5.75 Å². The second kappa shape index (κ2) is 4.40. The average molecular weight is 278 g/mol. The third kappa shape index (κ3) is 2.07. The van der Waals surface area contributed by atoms with Gasteiger partial charge in [0.25, 0.3) is 0 Å². The maximum absolute atomic E-state index is 11.7. The normalized spacial score (nSPS) is 10.7. The quantitative estimate of drug-likeness (QED) is 0.534. The lowest BCUT2D eigenvalue weighted by Crippen LogP contribution is -2.05. The van der Waals surface area contributed by atoms with Crippen molar-refractivity contribution in [2.75, 3.05) is 0 Å². The molecule has 2 heterocycles. The molecule has 90 valence electrons. The van der Waals surface area contributed by atoms with E-state index in [2.05, 4.69) is 0 Å². The first-order chi connectivity index (χ1) is 8.72. The van der Waals surface area contributed by atoms with E-state index in [-0.39, 0.29) is 4.94 Å². The smallest absolute Gasteiger partial charge is 0.396 e. The van der Waals surface area contributed by atoms with Crippen molar-refractivity contribution in [1.82, 2.24) is 0 Å². The molecule has 0 saturated carbocycles. The highest BCUT2D eigenvalue weighted by Crippen LogP contribution is 2.23. The molecule has 0 aliphatic rings. The molecule has 0 atom stereocenters. The summed E-state index contributed by atoms with van der Waals surface area (Å²) in [6.07, 6.45) is 0. The zero-order valence-electron chi connectivity index (χ0n) is 8.91. The van der Waals surface area contributed by atoms with E-state index in [1.807, 2.05) is 0 Å². The molecule has 18 heavy (non-hydrogen) atoms. The standard InChI is InChI=1S/C12H6O4S2/c13-11(10-2-1-5-17-10)15-7-3-4-9-8(6-7)16-12(14)18-9/h1-6H. The van der Waals surface area contributed by atoms with Crippen LogP contribution in [-0.2, 0) is 0 Å².